The summed E-state index contributed by atoms with van der Waals surface area (Å²) in [5, 5.41) is 17.1. The van der Waals surface area contributed by atoms with Crippen LogP contribution in [0, 0.1) is 34.1 Å². The van der Waals surface area contributed by atoms with Crippen molar-refractivity contribution in [1.29, 1.82) is 10.5 Å². The summed E-state index contributed by atoms with van der Waals surface area (Å²) in [6, 6.07) is 2.15. The van der Waals surface area contributed by atoms with Crippen molar-refractivity contribution in [3.63, 3.8) is 0 Å². The Hall–Kier alpha value is -4.39. The molecule has 4 saturated carbocycles. The number of ether oxygens (including phenoxy) is 4. The Morgan fingerprint density at radius 1 is 0.571 bits per heavy atom. The fraction of sp³-hybridized carbons (Fsp3) is 0.789. The fourth-order valence-corrected chi connectivity index (χ4v) is 8.73. The van der Waals surface area contributed by atoms with Gasteiger partial charge in [-0.3, -0.25) is 38.1 Å². The monoisotopic (exact) mass is 1120 g/mol. The highest BCUT2D eigenvalue weighted by molar-refractivity contribution is 7.54. The standard InChI is InChI=1S/C13H22N2O2.C12H20O3.C12H18O3.C10H21O5P.C6H8O2.C4H9NSi/c1-12(2,3)17-11(16)8-10-4-6-13(15,9-14)7-5-10;2*1-12(2,3)15-11(14)8-9-4-6-10(13)7-5-9;1-6-13-16(12,14-7-2)8-9(11)15-10(3,4)5;7-5-1-2-6(8)4-3-5;1-6(2,3)4-5/h10H,4-8,15H2,1-3H3;9H,4-8H2,1-3H3;8H,4-7H2,1-3H3;6-8H2,1-5H3;1-4H2;1-3H3. The first-order chi connectivity index (χ1) is 35.0. The van der Waals surface area contributed by atoms with Crippen molar-refractivity contribution >= 4 is 62.7 Å². The van der Waals surface area contributed by atoms with E-state index in [9.17, 15) is 42.9 Å². The molecule has 0 atom stereocenters. The Bertz CT molecular complexity index is 2020. The Balaban J connectivity index is 0. The first-order valence-corrected chi connectivity index (χ1v) is 32.4. The smallest absolute Gasteiger partial charge is 0.341 e. The molecule has 4 fully saturated rings. The molecule has 4 aliphatic rings. The molecule has 0 aromatic heterocycles. The third-order valence-electron chi connectivity index (χ3n) is 10.9. The molecule has 2 N–H and O–H groups in total. The molecule has 0 aliphatic heterocycles. The van der Waals surface area contributed by atoms with Crippen molar-refractivity contribution in [2.24, 2.45) is 17.6 Å². The third-order valence-corrected chi connectivity index (χ3v) is 13.5. The van der Waals surface area contributed by atoms with E-state index in [0.29, 0.717) is 108 Å². The molecule has 77 heavy (non-hydrogen) atoms. The van der Waals surface area contributed by atoms with E-state index in [1.54, 1.807) is 34.6 Å². The molecule has 0 aromatic carbocycles. The Morgan fingerprint density at radius 2 is 0.883 bits per heavy atom. The molecule has 0 amide bonds. The van der Waals surface area contributed by atoms with Gasteiger partial charge in [0.15, 0.2) is 8.07 Å². The first-order valence-electron chi connectivity index (χ1n) is 27.2. The van der Waals surface area contributed by atoms with Gasteiger partial charge in [-0.1, -0.05) is 25.2 Å². The molecule has 4 aliphatic carbocycles. The van der Waals surface area contributed by atoms with Gasteiger partial charge in [-0.05, 0) is 160 Å². The second-order valence-corrected chi connectivity index (χ2v) is 31.6. The maximum Gasteiger partial charge on any atom is 0.341 e. The van der Waals surface area contributed by atoms with Crippen LogP contribution in [-0.4, -0.2) is 102 Å². The summed E-state index contributed by atoms with van der Waals surface area (Å²) < 4.78 is 42.7. The maximum atomic E-state index is 12.0. The zero-order valence-corrected chi connectivity index (χ0v) is 52.0. The Kier molecular flexibility index (Phi) is 34.2. The minimum absolute atomic E-state index is 0.137. The molecule has 0 bridgehead atoms. The van der Waals surface area contributed by atoms with Gasteiger partial charge in [0, 0.05) is 76.0 Å². The summed E-state index contributed by atoms with van der Waals surface area (Å²) in [6.45, 7) is 31.9. The van der Waals surface area contributed by atoms with Crippen molar-refractivity contribution in [3.05, 3.63) is 11.6 Å². The molecule has 0 spiro atoms. The number of hydrogen-bond donors (Lipinski definition) is 1. The van der Waals surface area contributed by atoms with E-state index in [2.05, 4.69) is 11.8 Å². The van der Waals surface area contributed by atoms with Crippen molar-refractivity contribution in [2.75, 3.05) is 19.4 Å². The van der Waals surface area contributed by atoms with Crippen LogP contribution in [-0.2, 0) is 70.9 Å². The Labute approximate surface area is 462 Å². The summed E-state index contributed by atoms with van der Waals surface area (Å²) in [7, 11) is -4.66. The van der Waals surface area contributed by atoms with Gasteiger partial charge < -0.3 is 33.7 Å². The molecule has 4 rings (SSSR count). The average molecular weight is 1120 g/mol. The van der Waals surface area contributed by atoms with Crippen LogP contribution in [0.1, 0.15) is 213 Å². The summed E-state index contributed by atoms with van der Waals surface area (Å²) >= 11 is 0. The van der Waals surface area contributed by atoms with Gasteiger partial charge in [-0.25, -0.2) is 10.1 Å². The minimum atomic E-state index is -3.34. The molecular weight excluding hydrogens is 1030 g/mol. The predicted octanol–water partition coefficient (Wildman–Crippen LogP) is 11.7. The summed E-state index contributed by atoms with van der Waals surface area (Å²) in [5.74, 6) is 0.601. The van der Waals surface area contributed by atoms with Crippen LogP contribution in [0.2, 0.25) is 19.6 Å². The van der Waals surface area contributed by atoms with Crippen LogP contribution < -0.4 is 5.73 Å². The lowest BCUT2D eigenvalue weighted by Gasteiger charge is -2.31. The van der Waals surface area contributed by atoms with Crippen LogP contribution in [0.25, 0.3) is 0 Å². The zero-order valence-electron chi connectivity index (χ0n) is 50.1. The van der Waals surface area contributed by atoms with Crippen LogP contribution in [0.5, 0.6) is 0 Å². The molecule has 0 radical (unpaired) electrons. The second-order valence-electron chi connectivity index (χ2n) is 24.8. The lowest BCUT2D eigenvalue weighted by molar-refractivity contribution is -0.157. The lowest BCUT2D eigenvalue weighted by atomic mass is 9.77. The number of rotatable bonds is 11. The van der Waals surface area contributed by atoms with Crippen LogP contribution in [0.15, 0.2) is 11.6 Å². The van der Waals surface area contributed by atoms with E-state index in [0.717, 1.165) is 31.3 Å². The van der Waals surface area contributed by atoms with Crippen molar-refractivity contribution in [3.8, 4) is 11.8 Å². The molecule has 0 unspecified atom stereocenters. The number of nitrogens with zero attached hydrogens (tertiary/aromatic N) is 2. The molecule has 18 nitrogen and oxygen atoms in total. The predicted molar refractivity (Wildman–Crippen MR) is 299 cm³/mol. The quantitative estimate of drug-likeness (QED) is 0.0661. The molecule has 0 saturated heterocycles. The molecular formula is C57H98N3O15PSi. The maximum absolute atomic E-state index is 12.0. The SMILES string of the molecule is CC(C)(C)OC(=O)C=C1CCC(=O)CC1.CC(C)(C)OC(=O)CC1CCC(=O)CC1.CC(C)(C)OC(=O)CC1CCC(N)(C#N)CC1.CCOP(=O)(CC(=O)OC(C)(C)C)OCC.C[Si](C)(C)C#N.O=C1CCC(=O)CC1. The molecule has 0 aromatic rings. The van der Waals surface area contributed by atoms with E-state index in [1.807, 2.05) is 82.0 Å². The van der Waals surface area contributed by atoms with Crippen molar-refractivity contribution in [2.45, 2.75) is 260 Å². The molecule has 20 heteroatoms. The number of hydrogen-bond acceptors (Lipinski definition) is 18. The van der Waals surface area contributed by atoms with E-state index in [-0.39, 0.29) is 54.6 Å². The summed E-state index contributed by atoms with van der Waals surface area (Å²) in [6.07, 6.45) is 12.6. The zero-order chi connectivity index (χ0) is 60.1. The van der Waals surface area contributed by atoms with E-state index < -0.39 is 49.6 Å². The van der Waals surface area contributed by atoms with Crippen LogP contribution >= 0.6 is 7.60 Å². The number of ketones is 4. The van der Waals surface area contributed by atoms with Gasteiger partial charge in [-0.15, -0.1) is 0 Å². The number of nitrogens with two attached hydrogens (primary N) is 1. The molecule has 0 heterocycles. The van der Waals surface area contributed by atoms with Gasteiger partial charge in [0.05, 0.1) is 19.3 Å². The van der Waals surface area contributed by atoms with Crippen LogP contribution in [0.3, 0.4) is 0 Å². The second kappa shape index (κ2) is 35.3. The highest BCUT2D eigenvalue weighted by Gasteiger charge is 2.34. The number of Topliss-reactive ketones (excluding diaryl/α,β-unsaturated/α-hetero) is 4. The average Bonchev–Trinajstić information content (AvgIpc) is 3.25. The number of esters is 4. The van der Waals surface area contributed by atoms with Gasteiger partial charge in [-0.2, -0.15) is 5.26 Å². The van der Waals surface area contributed by atoms with Gasteiger partial charge in [0.25, 0.3) is 0 Å². The number of carbonyl (C=O) groups excluding carboxylic acids is 8. The largest absolute Gasteiger partial charge is 0.460 e. The van der Waals surface area contributed by atoms with E-state index in [1.165, 1.54) is 6.08 Å². The Morgan fingerprint density at radius 3 is 1.19 bits per heavy atom. The van der Waals surface area contributed by atoms with Crippen molar-refractivity contribution in [1.82, 2.24) is 0 Å². The van der Waals surface area contributed by atoms with Crippen LogP contribution in [0.4, 0.5) is 0 Å². The molecule has 440 valence electrons. The lowest BCUT2D eigenvalue weighted by Crippen LogP contribution is -2.42. The highest BCUT2D eigenvalue weighted by atomic mass is 31.2. The van der Waals surface area contributed by atoms with Gasteiger partial charge >= 0.3 is 31.5 Å². The highest BCUT2D eigenvalue weighted by Crippen LogP contribution is 2.48. The van der Waals surface area contributed by atoms with E-state index >= 15 is 0 Å². The fourth-order valence-electron chi connectivity index (χ4n) is 7.30. The number of allylic oxidation sites excluding steroid dienone is 1. The van der Waals surface area contributed by atoms with Gasteiger partial charge in [0.1, 0.15) is 57.2 Å². The van der Waals surface area contributed by atoms with E-state index in [4.69, 9.17) is 44.3 Å². The topological polar surface area (TPSA) is 283 Å². The minimum Gasteiger partial charge on any atom is -0.460 e. The number of nitriles is 2. The number of carbonyl (C=O) groups is 8. The normalized spacial score (nSPS) is 19.3. The third kappa shape index (κ3) is 44.2. The summed E-state index contributed by atoms with van der Waals surface area (Å²) in [4.78, 5) is 88.9. The summed E-state index contributed by atoms with van der Waals surface area (Å²) in [5.41, 5.74) is 6.61. The first kappa shape index (κ1) is 74.7. The van der Waals surface area contributed by atoms with Gasteiger partial charge in [0.2, 0.25) is 0 Å². The van der Waals surface area contributed by atoms with Crippen molar-refractivity contribution < 1.29 is 70.9 Å².